The fourth-order valence-corrected chi connectivity index (χ4v) is 2.79. The molecule has 0 aliphatic heterocycles. The average molecular weight is 224 g/mol. The van der Waals surface area contributed by atoms with Gasteiger partial charge in [0, 0.05) is 5.02 Å². The van der Waals surface area contributed by atoms with Gasteiger partial charge in [0.2, 0.25) is 0 Å². The molecule has 1 aromatic rings. The summed E-state index contributed by atoms with van der Waals surface area (Å²) in [5, 5.41) is 0.856. The van der Waals surface area contributed by atoms with E-state index in [1.165, 1.54) is 24.0 Å². The van der Waals surface area contributed by atoms with E-state index in [0.717, 1.165) is 18.0 Å². The molecule has 0 spiro atoms. The molecular formula is C13H18ClN. The number of fused-ring (bicyclic) bond motifs is 1. The summed E-state index contributed by atoms with van der Waals surface area (Å²) in [6.07, 6.45) is 3.63. The standard InChI is InChI=1S/C13H18ClN/c1-9-2-3-10(6-7-15)12-5-4-11(14)8-13(9)12/h4-5,8-10H,2-3,6-7,15H2,1H3. The van der Waals surface area contributed by atoms with Gasteiger partial charge in [-0.3, -0.25) is 0 Å². The zero-order valence-electron chi connectivity index (χ0n) is 9.17. The van der Waals surface area contributed by atoms with Crippen molar-refractivity contribution in [2.75, 3.05) is 6.54 Å². The second-order valence-electron chi connectivity index (χ2n) is 4.53. The van der Waals surface area contributed by atoms with Gasteiger partial charge in [0.05, 0.1) is 0 Å². The van der Waals surface area contributed by atoms with Crippen molar-refractivity contribution in [2.45, 2.75) is 38.0 Å². The van der Waals surface area contributed by atoms with Crippen LogP contribution in [0.4, 0.5) is 0 Å². The molecule has 2 atom stereocenters. The highest BCUT2D eigenvalue weighted by Crippen LogP contribution is 2.40. The maximum absolute atomic E-state index is 6.04. The quantitative estimate of drug-likeness (QED) is 0.814. The van der Waals surface area contributed by atoms with Gasteiger partial charge in [0.15, 0.2) is 0 Å². The molecule has 0 heterocycles. The largest absolute Gasteiger partial charge is 0.330 e. The number of halogens is 1. The summed E-state index contributed by atoms with van der Waals surface area (Å²) >= 11 is 6.04. The minimum atomic E-state index is 0.646. The van der Waals surface area contributed by atoms with Crippen LogP contribution in [-0.2, 0) is 0 Å². The lowest BCUT2D eigenvalue weighted by atomic mass is 9.76. The fraction of sp³-hybridized carbons (Fsp3) is 0.538. The van der Waals surface area contributed by atoms with Gasteiger partial charge >= 0.3 is 0 Å². The number of hydrogen-bond acceptors (Lipinski definition) is 1. The first-order valence-corrected chi connectivity index (χ1v) is 6.09. The Morgan fingerprint density at radius 1 is 1.33 bits per heavy atom. The van der Waals surface area contributed by atoms with Gasteiger partial charge in [0.25, 0.3) is 0 Å². The van der Waals surface area contributed by atoms with Crippen LogP contribution in [-0.4, -0.2) is 6.54 Å². The third kappa shape index (κ3) is 2.19. The normalized spacial score (nSPS) is 25.0. The van der Waals surface area contributed by atoms with Crippen molar-refractivity contribution >= 4 is 11.6 Å². The Morgan fingerprint density at radius 2 is 2.13 bits per heavy atom. The smallest absolute Gasteiger partial charge is 0.0409 e. The Kier molecular flexibility index (Phi) is 3.32. The molecule has 1 nitrogen and oxygen atoms in total. The van der Waals surface area contributed by atoms with Crippen LogP contribution in [0.2, 0.25) is 5.02 Å². The predicted octanol–water partition coefficient (Wildman–Crippen LogP) is 3.67. The van der Waals surface area contributed by atoms with Gasteiger partial charge in [-0.2, -0.15) is 0 Å². The summed E-state index contributed by atoms with van der Waals surface area (Å²) < 4.78 is 0. The minimum Gasteiger partial charge on any atom is -0.330 e. The molecular weight excluding hydrogens is 206 g/mol. The molecule has 2 unspecified atom stereocenters. The second-order valence-corrected chi connectivity index (χ2v) is 4.96. The van der Waals surface area contributed by atoms with E-state index in [2.05, 4.69) is 19.1 Å². The molecule has 0 saturated carbocycles. The molecule has 1 aromatic carbocycles. The molecule has 0 bridgehead atoms. The third-order valence-electron chi connectivity index (χ3n) is 3.48. The van der Waals surface area contributed by atoms with Crippen LogP contribution in [0.15, 0.2) is 18.2 Å². The summed E-state index contributed by atoms with van der Waals surface area (Å²) in [5.74, 6) is 1.30. The van der Waals surface area contributed by atoms with Gasteiger partial charge in [0.1, 0.15) is 0 Å². The Labute approximate surface area is 96.6 Å². The highest BCUT2D eigenvalue weighted by Gasteiger charge is 2.24. The summed E-state index contributed by atoms with van der Waals surface area (Å²) in [5.41, 5.74) is 8.57. The molecule has 82 valence electrons. The fourth-order valence-electron chi connectivity index (χ4n) is 2.61. The van der Waals surface area contributed by atoms with Crippen LogP contribution in [0, 0.1) is 0 Å². The molecule has 0 amide bonds. The molecule has 1 aliphatic rings. The first-order valence-electron chi connectivity index (χ1n) is 5.71. The van der Waals surface area contributed by atoms with Crippen molar-refractivity contribution in [3.05, 3.63) is 34.3 Å². The van der Waals surface area contributed by atoms with E-state index in [4.69, 9.17) is 17.3 Å². The lowest BCUT2D eigenvalue weighted by Crippen LogP contribution is -2.15. The van der Waals surface area contributed by atoms with Gasteiger partial charge < -0.3 is 5.73 Å². The van der Waals surface area contributed by atoms with Crippen molar-refractivity contribution in [1.82, 2.24) is 0 Å². The van der Waals surface area contributed by atoms with Crippen LogP contribution < -0.4 is 5.73 Å². The zero-order valence-corrected chi connectivity index (χ0v) is 9.93. The molecule has 15 heavy (non-hydrogen) atoms. The molecule has 1 aliphatic carbocycles. The number of rotatable bonds is 2. The van der Waals surface area contributed by atoms with E-state index in [9.17, 15) is 0 Å². The van der Waals surface area contributed by atoms with Gasteiger partial charge in [-0.05, 0) is 60.9 Å². The van der Waals surface area contributed by atoms with Crippen molar-refractivity contribution in [3.63, 3.8) is 0 Å². The van der Waals surface area contributed by atoms with Gasteiger partial charge in [-0.25, -0.2) is 0 Å². The minimum absolute atomic E-state index is 0.646. The summed E-state index contributed by atoms with van der Waals surface area (Å²) in [6, 6.07) is 6.32. The van der Waals surface area contributed by atoms with Gasteiger partial charge in [-0.15, -0.1) is 0 Å². The van der Waals surface area contributed by atoms with Gasteiger partial charge in [-0.1, -0.05) is 24.6 Å². The summed E-state index contributed by atoms with van der Waals surface area (Å²) in [4.78, 5) is 0. The second kappa shape index (κ2) is 4.54. The lowest BCUT2D eigenvalue weighted by molar-refractivity contribution is 0.483. The molecule has 2 N–H and O–H groups in total. The molecule has 2 heteroatoms. The van der Waals surface area contributed by atoms with Crippen LogP contribution in [0.1, 0.15) is 49.1 Å². The van der Waals surface area contributed by atoms with E-state index in [1.54, 1.807) is 0 Å². The highest BCUT2D eigenvalue weighted by atomic mass is 35.5. The van der Waals surface area contributed by atoms with Crippen molar-refractivity contribution in [2.24, 2.45) is 5.73 Å². The van der Waals surface area contributed by atoms with Crippen LogP contribution >= 0.6 is 11.6 Å². The van der Waals surface area contributed by atoms with E-state index < -0.39 is 0 Å². The van der Waals surface area contributed by atoms with Crippen molar-refractivity contribution in [1.29, 1.82) is 0 Å². The van der Waals surface area contributed by atoms with Crippen molar-refractivity contribution in [3.8, 4) is 0 Å². The molecule has 0 aromatic heterocycles. The van der Waals surface area contributed by atoms with Crippen LogP contribution in [0.5, 0.6) is 0 Å². The molecule has 2 rings (SSSR count). The number of hydrogen-bond donors (Lipinski definition) is 1. The zero-order chi connectivity index (χ0) is 10.8. The molecule has 0 fully saturated rings. The van der Waals surface area contributed by atoms with E-state index in [-0.39, 0.29) is 0 Å². The Bertz CT molecular complexity index is 348. The molecule has 0 saturated heterocycles. The maximum atomic E-state index is 6.04. The predicted molar refractivity (Wildman–Crippen MR) is 65.5 cm³/mol. The Morgan fingerprint density at radius 3 is 2.87 bits per heavy atom. The summed E-state index contributed by atoms with van der Waals surface area (Å²) in [7, 11) is 0. The van der Waals surface area contributed by atoms with E-state index in [1.807, 2.05) is 6.07 Å². The first kappa shape index (κ1) is 11.0. The molecule has 0 radical (unpaired) electrons. The van der Waals surface area contributed by atoms with Crippen LogP contribution in [0.3, 0.4) is 0 Å². The SMILES string of the molecule is CC1CCC(CCN)c2ccc(Cl)cc21. The van der Waals surface area contributed by atoms with Crippen molar-refractivity contribution < 1.29 is 0 Å². The lowest BCUT2D eigenvalue weighted by Gasteiger charge is -2.29. The highest BCUT2D eigenvalue weighted by molar-refractivity contribution is 6.30. The third-order valence-corrected chi connectivity index (χ3v) is 3.72. The van der Waals surface area contributed by atoms with E-state index >= 15 is 0 Å². The summed E-state index contributed by atoms with van der Waals surface area (Å²) in [6.45, 7) is 3.06. The number of nitrogens with two attached hydrogens (primary N) is 1. The maximum Gasteiger partial charge on any atom is 0.0409 e. The monoisotopic (exact) mass is 223 g/mol. The first-order chi connectivity index (χ1) is 7.22. The van der Waals surface area contributed by atoms with Crippen LogP contribution in [0.25, 0.3) is 0 Å². The topological polar surface area (TPSA) is 26.0 Å². The Balaban J connectivity index is 2.36. The number of benzene rings is 1. The van der Waals surface area contributed by atoms with E-state index in [0.29, 0.717) is 11.8 Å². The average Bonchev–Trinajstić information content (AvgIpc) is 2.23. The Hall–Kier alpha value is -0.530.